The van der Waals surface area contributed by atoms with Crippen LogP contribution in [0, 0.1) is 0 Å². The predicted octanol–water partition coefficient (Wildman–Crippen LogP) is 24.3. The average molecular weight is 1120 g/mol. The summed E-state index contributed by atoms with van der Waals surface area (Å²) in [5, 5.41) is 0. The second-order valence-electron chi connectivity index (χ2n) is 23.8. The first-order chi connectivity index (χ1) is 39.5. The summed E-state index contributed by atoms with van der Waals surface area (Å²) in [4.78, 5) is 38.4. The summed E-state index contributed by atoms with van der Waals surface area (Å²) >= 11 is 0. The lowest BCUT2D eigenvalue weighted by atomic mass is 10.0. The lowest BCUT2D eigenvalue weighted by molar-refractivity contribution is -0.167. The van der Waals surface area contributed by atoms with Crippen LogP contribution in [0.1, 0.15) is 374 Å². The highest BCUT2D eigenvalue weighted by Crippen LogP contribution is 2.17. The Hall–Kier alpha value is -2.89. The third-order valence-electron chi connectivity index (χ3n) is 15.7. The summed E-state index contributed by atoms with van der Waals surface area (Å²) in [5.41, 5.74) is 0. The molecule has 0 bridgehead atoms. The Morgan fingerprint density at radius 2 is 0.450 bits per heavy atom. The summed E-state index contributed by atoms with van der Waals surface area (Å²) in [6, 6.07) is 0. The van der Waals surface area contributed by atoms with E-state index < -0.39 is 6.10 Å². The van der Waals surface area contributed by atoms with Crippen molar-refractivity contribution >= 4 is 17.9 Å². The summed E-state index contributed by atoms with van der Waals surface area (Å²) in [6.45, 7) is 6.66. The number of esters is 3. The maximum Gasteiger partial charge on any atom is 0.306 e. The van der Waals surface area contributed by atoms with E-state index in [1.807, 2.05) is 0 Å². The molecule has 0 radical (unpaired) electrons. The number of hydrogen-bond acceptors (Lipinski definition) is 6. The van der Waals surface area contributed by atoms with E-state index in [9.17, 15) is 14.4 Å². The molecule has 0 rings (SSSR count). The maximum atomic E-state index is 12.9. The predicted molar refractivity (Wildman–Crippen MR) is 348 cm³/mol. The molecule has 0 aromatic carbocycles. The molecule has 1 unspecified atom stereocenters. The summed E-state index contributed by atoms with van der Waals surface area (Å²) < 4.78 is 17.0. The molecule has 0 aliphatic rings. The van der Waals surface area contributed by atoms with Gasteiger partial charge in [-0.25, -0.2) is 0 Å². The van der Waals surface area contributed by atoms with Crippen LogP contribution >= 0.6 is 0 Å². The van der Waals surface area contributed by atoms with Gasteiger partial charge in [-0.2, -0.15) is 0 Å². The van der Waals surface area contributed by atoms with Crippen LogP contribution in [0.4, 0.5) is 0 Å². The van der Waals surface area contributed by atoms with Gasteiger partial charge < -0.3 is 14.2 Å². The summed E-state index contributed by atoms with van der Waals surface area (Å²) in [5.74, 6) is -0.866. The van der Waals surface area contributed by atoms with Crippen LogP contribution < -0.4 is 0 Å². The molecule has 0 aromatic heterocycles. The molecule has 0 saturated heterocycles. The zero-order valence-electron chi connectivity index (χ0n) is 53.6. The quantitative estimate of drug-likeness (QED) is 0.0261. The molecule has 0 aromatic rings. The fraction of sp³-hybridized carbons (Fsp3) is 0.824. The highest BCUT2D eigenvalue weighted by atomic mass is 16.6. The van der Waals surface area contributed by atoms with Crippen LogP contribution in [0.15, 0.2) is 60.8 Å². The first kappa shape index (κ1) is 77.1. The van der Waals surface area contributed by atoms with Crippen molar-refractivity contribution in [3.63, 3.8) is 0 Å². The van der Waals surface area contributed by atoms with Crippen molar-refractivity contribution in [2.75, 3.05) is 13.2 Å². The number of ether oxygens (including phenoxy) is 3. The van der Waals surface area contributed by atoms with Crippen molar-refractivity contribution in [1.29, 1.82) is 0 Å². The molecule has 0 aliphatic heterocycles. The van der Waals surface area contributed by atoms with Gasteiger partial charge in [0.1, 0.15) is 13.2 Å². The zero-order valence-corrected chi connectivity index (χ0v) is 53.6. The molecule has 0 saturated carbocycles. The largest absolute Gasteiger partial charge is 0.462 e. The van der Waals surface area contributed by atoms with Crippen LogP contribution in [0.3, 0.4) is 0 Å². The molecule has 80 heavy (non-hydrogen) atoms. The third-order valence-corrected chi connectivity index (χ3v) is 15.7. The Kier molecular flexibility index (Phi) is 66.1. The monoisotopic (exact) mass is 1120 g/mol. The molecule has 1 atom stereocenters. The normalized spacial score (nSPS) is 12.4. The first-order valence-corrected chi connectivity index (χ1v) is 35.3. The number of hydrogen-bond donors (Lipinski definition) is 0. The Morgan fingerprint density at radius 1 is 0.250 bits per heavy atom. The van der Waals surface area contributed by atoms with E-state index in [1.54, 1.807) is 0 Å². The zero-order chi connectivity index (χ0) is 57.8. The Morgan fingerprint density at radius 3 is 0.713 bits per heavy atom. The van der Waals surface area contributed by atoms with E-state index in [0.29, 0.717) is 19.3 Å². The van der Waals surface area contributed by atoms with E-state index in [1.165, 1.54) is 257 Å². The van der Waals surface area contributed by atoms with E-state index >= 15 is 0 Å². The van der Waals surface area contributed by atoms with E-state index in [2.05, 4.69) is 81.5 Å². The topological polar surface area (TPSA) is 78.9 Å². The highest BCUT2D eigenvalue weighted by molar-refractivity contribution is 5.71. The molecule has 466 valence electrons. The van der Waals surface area contributed by atoms with Gasteiger partial charge in [-0.1, -0.05) is 306 Å². The standard InChI is InChI=1S/C74H134O6/c1-4-7-10-13-16-19-22-25-28-31-33-34-35-36-37-38-39-40-41-44-46-49-52-55-58-61-64-67-73(76)79-70-71(69-78-72(75)66-63-60-57-54-51-48-45-42-30-27-24-21-18-15-12-9-6-3)80-74(77)68-65-62-59-56-53-50-47-43-32-29-26-23-20-17-14-11-8-5-2/h20,22-23,25,27,29-33,71H,4-19,21,24,26,28,34-70H2,1-3H3/b23-20-,25-22-,30-27-,32-29-,33-31-. The van der Waals surface area contributed by atoms with Crippen molar-refractivity contribution in [2.45, 2.75) is 380 Å². The van der Waals surface area contributed by atoms with Crippen LogP contribution in [0.2, 0.25) is 0 Å². The van der Waals surface area contributed by atoms with Crippen molar-refractivity contribution in [2.24, 2.45) is 0 Å². The fourth-order valence-corrected chi connectivity index (χ4v) is 10.4. The molecule has 0 aliphatic carbocycles. The van der Waals surface area contributed by atoms with Crippen LogP contribution in [-0.4, -0.2) is 37.2 Å². The lowest BCUT2D eigenvalue weighted by Gasteiger charge is -2.18. The maximum absolute atomic E-state index is 12.9. The van der Waals surface area contributed by atoms with Gasteiger partial charge in [0.15, 0.2) is 6.10 Å². The lowest BCUT2D eigenvalue weighted by Crippen LogP contribution is -2.30. The third kappa shape index (κ3) is 65.9. The molecule has 0 heterocycles. The van der Waals surface area contributed by atoms with E-state index in [0.717, 1.165) is 77.0 Å². The van der Waals surface area contributed by atoms with Crippen molar-refractivity contribution in [3.8, 4) is 0 Å². The first-order valence-electron chi connectivity index (χ1n) is 35.3. The van der Waals surface area contributed by atoms with E-state index in [-0.39, 0.29) is 31.1 Å². The number of carbonyl (C=O) groups excluding carboxylic acids is 3. The molecule has 0 fully saturated rings. The van der Waals surface area contributed by atoms with Crippen LogP contribution in [0.25, 0.3) is 0 Å². The number of allylic oxidation sites excluding steroid dienone is 10. The molecule has 0 spiro atoms. The minimum absolute atomic E-state index is 0.0760. The minimum Gasteiger partial charge on any atom is -0.462 e. The van der Waals surface area contributed by atoms with Gasteiger partial charge >= 0.3 is 17.9 Å². The van der Waals surface area contributed by atoms with Gasteiger partial charge in [-0.05, 0) is 109 Å². The number of unbranched alkanes of at least 4 members (excludes halogenated alkanes) is 44. The second kappa shape index (κ2) is 68.6. The van der Waals surface area contributed by atoms with Gasteiger partial charge in [0, 0.05) is 19.3 Å². The summed E-state index contributed by atoms with van der Waals surface area (Å²) in [7, 11) is 0. The van der Waals surface area contributed by atoms with Crippen molar-refractivity contribution < 1.29 is 28.6 Å². The summed E-state index contributed by atoms with van der Waals surface area (Å²) in [6.07, 6.45) is 88.1. The van der Waals surface area contributed by atoms with Gasteiger partial charge in [0.25, 0.3) is 0 Å². The van der Waals surface area contributed by atoms with Gasteiger partial charge in [0.2, 0.25) is 0 Å². The second-order valence-corrected chi connectivity index (χ2v) is 23.8. The number of rotatable bonds is 65. The Labute approximate surface area is 498 Å². The molecule has 6 heteroatoms. The Bertz CT molecular complexity index is 1430. The fourth-order valence-electron chi connectivity index (χ4n) is 10.4. The van der Waals surface area contributed by atoms with Crippen LogP contribution in [-0.2, 0) is 28.6 Å². The SMILES string of the molecule is CCCCCC/C=C\C/C=C\CCCCCCCCCC(=O)OC(COC(=O)CCCCCCCCC/C=C\CCCCCCCC)COC(=O)CCCCCCCCCCCCCCCCC/C=C\C/C=C\CCCCCCC. The minimum atomic E-state index is -0.781. The molecular formula is C74H134O6. The van der Waals surface area contributed by atoms with E-state index in [4.69, 9.17) is 14.2 Å². The highest BCUT2D eigenvalue weighted by Gasteiger charge is 2.19. The van der Waals surface area contributed by atoms with Gasteiger partial charge in [0.05, 0.1) is 0 Å². The molecular weight excluding hydrogens is 985 g/mol. The van der Waals surface area contributed by atoms with Crippen LogP contribution in [0.5, 0.6) is 0 Å². The average Bonchev–Trinajstić information content (AvgIpc) is 3.46. The molecule has 0 amide bonds. The Balaban J connectivity index is 4.29. The number of carbonyl (C=O) groups is 3. The molecule has 6 nitrogen and oxygen atoms in total. The smallest absolute Gasteiger partial charge is 0.306 e. The van der Waals surface area contributed by atoms with Crippen molar-refractivity contribution in [1.82, 2.24) is 0 Å². The molecule has 0 N–H and O–H groups in total. The van der Waals surface area contributed by atoms with Crippen molar-refractivity contribution in [3.05, 3.63) is 60.8 Å². The van der Waals surface area contributed by atoms with Gasteiger partial charge in [-0.3, -0.25) is 14.4 Å². The van der Waals surface area contributed by atoms with Gasteiger partial charge in [-0.15, -0.1) is 0 Å².